The number of nitrogen functional groups attached to an aromatic ring is 1. The second-order valence-electron chi connectivity index (χ2n) is 11.6. The molecule has 1 amide bonds. The Labute approximate surface area is 239 Å². The molecule has 2 aromatic rings. The summed E-state index contributed by atoms with van der Waals surface area (Å²) in [6.45, 7) is 0. The van der Waals surface area contributed by atoms with E-state index in [-0.39, 0.29) is 23.6 Å². The number of carbonyl (C=O) groups excluding carboxylic acids is 2. The van der Waals surface area contributed by atoms with Gasteiger partial charge < -0.3 is 15.8 Å². The number of esters is 1. The lowest BCUT2D eigenvalue weighted by Gasteiger charge is -2.34. The quantitative estimate of drug-likeness (QED) is 0.142. The topological polar surface area (TPSA) is 105 Å². The first-order chi connectivity index (χ1) is 19.4. The van der Waals surface area contributed by atoms with Gasteiger partial charge in [0.15, 0.2) is 0 Å². The van der Waals surface area contributed by atoms with Gasteiger partial charge in [0.2, 0.25) is 5.91 Å². The van der Waals surface area contributed by atoms with Gasteiger partial charge in [0.25, 0.3) is 0 Å². The van der Waals surface area contributed by atoms with E-state index >= 15 is 0 Å². The molecule has 0 aliphatic heterocycles. The van der Waals surface area contributed by atoms with Crippen LogP contribution >= 0.6 is 0 Å². The Kier molecular flexibility index (Phi) is 11.0. The fraction of sp³-hybridized carbons (Fsp3) is 0.500. The number of amidine groups is 1. The molecule has 2 aliphatic rings. The number of nitrogens with one attached hydrogen (secondary N) is 2. The summed E-state index contributed by atoms with van der Waals surface area (Å²) < 4.78 is 5.22. The predicted molar refractivity (Wildman–Crippen MR) is 161 cm³/mol. The summed E-state index contributed by atoms with van der Waals surface area (Å²) in [4.78, 5) is 26.7. The first-order valence-corrected chi connectivity index (χ1v) is 15.0. The molecule has 0 aromatic heterocycles. The van der Waals surface area contributed by atoms with Crippen molar-refractivity contribution < 1.29 is 14.3 Å². The van der Waals surface area contributed by atoms with Gasteiger partial charge in [-0.05, 0) is 61.1 Å². The first kappa shape index (κ1) is 29.6. The summed E-state index contributed by atoms with van der Waals surface area (Å²) in [5.74, 6) is 0.522. The molecule has 2 unspecified atom stereocenters. The molecule has 2 fully saturated rings. The average molecular weight is 544 g/mol. The lowest BCUT2D eigenvalue weighted by atomic mass is 9.73. The molecule has 2 aromatic carbocycles. The number of carbonyl (C=O) groups is 2. The van der Waals surface area contributed by atoms with Gasteiger partial charge in [-0.2, -0.15) is 0 Å². The van der Waals surface area contributed by atoms with E-state index in [0.717, 1.165) is 48.6 Å². The first-order valence-electron chi connectivity index (χ1n) is 15.0. The van der Waals surface area contributed by atoms with Crippen LogP contribution in [-0.4, -0.2) is 30.9 Å². The van der Waals surface area contributed by atoms with E-state index in [0.29, 0.717) is 12.0 Å². The SMILES string of the molecule is COC(=O)C(Cc1cccc(C(=N)N)c1)C(/C=C/c1ccccc1)NC(=O)C1CCC(C2CCCCCC2)CC1. The van der Waals surface area contributed by atoms with E-state index in [4.69, 9.17) is 15.9 Å². The summed E-state index contributed by atoms with van der Waals surface area (Å²) >= 11 is 0. The molecule has 40 heavy (non-hydrogen) atoms. The van der Waals surface area contributed by atoms with Gasteiger partial charge in [-0.25, -0.2) is 0 Å². The van der Waals surface area contributed by atoms with Gasteiger partial charge in [-0.15, -0.1) is 0 Å². The van der Waals surface area contributed by atoms with Crippen LogP contribution in [0.15, 0.2) is 60.7 Å². The zero-order chi connectivity index (χ0) is 28.3. The van der Waals surface area contributed by atoms with Gasteiger partial charge in [0, 0.05) is 11.5 Å². The van der Waals surface area contributed by atoms with Crippen LogP contribution in [0.25, 0.3) is 6.08 Å². The van der Waals surface area contributed by atoms with Crippen molar-refractivity contribution in [2.24, 2.45) is 29.4 Å². The van der Waals surface area contributed by atoms with Crippen molar-refractivity contribution in [3.63, 3.8) is 0 Å². The molecule has 4 N–H and O–H groups in total. The van der Waals surface area contributed by atoms with Crippen LogP contribution in [-0.2, 0) is 20.7 Å². The molecule has 214 valence electrons. The Bertz CT molecular complexity index is 1150. The second-order valence-corrected chi connectivity index (χ2v) is 11.6. The van der Waals surface area contributed by atoms with E-state index in [1.165, 1.54) is 45.6 Å². The Balaban J connectivity index is 1.50. The molecular weight excluding hydrogens is 498 g/mol. The number of benzene rings is 2. The van der Waals surface area contributed by atoms with Crippen LogP contribution in [0.2, 0.25) is 0 Å². The Morgan fingerprint density at radius 3 is 2.27 bits per heavy atom. The third kappa shape index (κ3) is 8.30. The highest BCUT2D eigenvalue weighted by molar-refractivity contribution is 5.95. The number of amides is 1. The van der Waals surface area contributed by atoms with Crippen LogP contribution in [0.3, 0.4) is 0 Å². The Morgan fingerprint density at radius 1 is 0.950 bits per heavy atom. The predicted octanol–water partition coefficient (Wildman–Crippen LogP) is 6.28. The number of hydrogen-bond acceptors (Lipinski definition) is 4. The smallest absolute Gasteiger partial charge is 0.311 e. The van der Waals surface area contributed by atoms with Crippen molar-refractivity contribution >= 4 is 23.8 Å². The number of methoxy groups -OCH3 is 1. The fourth-order valence-electron chi connectivity index (χ4n) is 6.61. The number of rotatable bonds is 10. The Hall–Kier alpha value is -3.41. The lowest BCUT2D eigenvalue weighted by Crippen LogP contribution is -2.46. The van der Waals surface area contributed by atoms with Crippen molar-refractivity contribution in [3.8, 4) is 0 Å². The molecule has 6 nitrogen and oxygen atoms in total. The summed E-state index contributed by atoms with van der Waals surface area (Å²) in [7, 11) is 1.38. The molecule has 2 atom stereocenters. The van der Waals surface area contributed by atoms with E-state index in [1.807, 2.05) is 60.7 Å². The van der Waals surface area contributed by atoms with Gasteiger partial charge >= 0.3 is 5.97 Å². The minimum Gasteiger partial charge on any atom is -0.469 e. The van der Waals surface area contributed by atoms with Gasteiger partial charge in [-0.1, -0.05) is 99.2 Å². The van der Waals surface area contributed by atoms with Crippen LogP contribution in [0.5, 0.6) is 0 Å². The molecule has 0 spiro atoms. The normalized spacial score (nSPS) is 21.7. The maximum Gasteiger partial charge on any atom is 0.311 e. The lowest BCUT2D eigenvalue weighted by molar-refractivity contribution is -0.146. The van der Waals surface area contributed by atoms with Crippen LogP contribution in [0.4, 0.5) is 0 Å². The van der Waals surface area contributed by atoms with E-state index < -0.39 is 12.0 Å². The van der Waals surface area contributed by atoms with Crippen LogP contribution in [0, 0.1) is 29.1 Å². The van der Waals surface area contributed by atoms with Crippen LogP contribution < -0.4 is 11.1 Å². The summed E-state index contributed by atoms with van der Waals surface area (Å²) in [6.07, 6.45) is 16.4. The molecule has 0 bridgehead atoms. The molecule has 2 saturated carbocycles. The molecule has 6 heteroatoms. The van der Waals surface area contributed by atoms with Crippen molar-refractivity contribution in [1.29, 1.82) is 5.41 Å². The molecular formula is C34H45N3O3. The highest BCUT2D eigenvalue weighted by atomic mass is 16.5. The average Bonchev–Trinajstić information content (AvgIpc) is 3.28. The zero-order valence-corrected chi connectivity index (χ0v) is 23.8. The summed E-state index contributed by atoms with van der Waals surface area (Å²) in [5.41, 5.74) is 8.17. The third-order valence-corrected chi connectivity index (χ3v) is 8.94. The molecule has 2 aliphatic carbocycles. The third-order valence-electron chi connectivity index (χ3n) is 8.94. The largest absolute Gasteiger partial charge is 0.469 e. The summed E-state index contributed by atoms with van der Waals surface area (Å²) in [6, 6.07) is 16.7. The summed E-state index contributed by atoms with van der Waals surface area (Å²) in [5, 5.41) is 11.0. The standard InChI is InChI=1S/C34H45N3O3/c1-40-34(39)30(23-25-12-9-15-29(22-25)32(35)36)31(21-16-24-10-5-4-6-11-24)37-33(38)28-19-17-27(18-20-28)26-13-7-2-3-8-14-26/h4-6,9-12,15-16,21-22,26-28,30-31H,2-3,7-8,13-14,17-20,23H2,1H3,(H3,35,36)(H,37,38)/b21-16+. The molecule has 0 saturated heterocycles. The Morgan fingerprint density at radius 2 is 1.62 bits per heavy atom. The van der Waals surface area contributed by atoms with Crippen molar-refractivity contribution in [2.75, 3.05) is 7.11 Å². The van der Waals surface area contributed by atoms with Gasteiger partial charge in [0.1, 0.15) is 5.84 Å². The monoisotopic (exact) mass is 543 g/mol. The number of ether oxygens (including phenoxy) is 1. The van der Waals surface area contributed by atoms with E-state index in [1.54, 1.807) is 6.07 Å². The van der Waals surface area contributed by atoms with Crippen LogP contribution in [0.1, 0.15) is 80.9 Å². The highest BCUT2D eigenvalue weighted by Gasteiger charge is 2.34. The maximum absolute atomic E-state index is 13.6. The fourth-order valence-corrected chi connectivity index (χ4v) is 6.61. The van der Waals surface area contributed by atoms with Crippen molar-refractivity contribution in [1.82, 2.24) is 5.32 Å². The number of hydrogen-bond donors (Lipinski definition) is 3. The van der Waals surface area contributed by atoms with E-state index in [9.17, 15) is 9.59 Å². The maximum atomic E-state index is 13.6. The van der Waals surface area contributed by atoms with Crippen molar-refractivity contribution in [2.45, 2.75) is 76.7 Å². The number of nitrogens with two attached hydrogens (primary N) is 1. The van der Waals surface area contributed by atoms with Gasteiger partial charge in [-0.3, -0.25) is 15.0 Å². The van der Waals surface area contributed by atoms with Gasteiger partial charge in [0.05, 0.1) is 19.1 Å². The minimum atomic E-state index is -0.626. The molecule has 4 rings (SSSR count). The second kappa shape index (κ2) is 14.8. The minimum absolute atomic E-state index is 0.0217. The van der Waals surface area contributed by atoms with Crippen molar-refractivity contribution in [3.05, 3.63) is 77.4 Å². The molecule has 0 heterocycles. The van der Waals surface area contributed by atoms with E-state index in [2.05, 4.69) is 5.32 Å². The molecule has 0 radical (unpaired) electrons. The zero-order valence-electron chi connectivity index (χ0n) is 23.8. The highest BCUT2D eigenvalue weighted by Crippen LogP contribution is 2.39.